The number of nitrogens with zero attached hydrogens (tertiary/aromatic N) is 3. The van der Waals surface area contributed by atoms with Crippen molar-refractivity contribution in [3.8, 4) is 0 Å². The van der Waals surface area contributed by atoms with E-state index in [0.717, 1.165) is 58.9 Å². The summed E-state index contributed by atoms with van der Waals surface area (Å²) in [5.74, 6) is 0.785. The van der Waals surface area contributed by atoms with Crippen molar-refractivity contribution < 1.29 is 14.3 Å². The van der Waals surface area contributed by atoms with Gasteiger partial charge in [0, 0.05) is 30.3 Å². The maximum atomic E-state index is 12.7. The van der Waals surface area contributed by atoms with E-state index in [1.807, 2.05) is 11.1 Å². The number of amides is 2. The monoisotopic (exact) mass is 370 g/mol. The molecule has 26 heavy (non-hydrogen) atoms. The van der Waals surface area contributed by atoms with Crippen LogP contribution in [0.2, 0.25) is 0 Å². The predicted molar refractivity (Wildman–Crippen MR) is 97.4 cm³/mol. The molecule has 1 aromatic rings. The molecule has 0 spiro atoms. The number of hydrogen-bond acceptors (Lipinski definition) is 5. The molecule has 1 atom stereocenters. The van der Waals surface area contributed by atoms with E-state index < -0.39 is 0 Å². The third-order valence-corrected chi connectivity index (χ3v) is 6.51. The van der Waals surface area contributed by atoms with E-state index in [-0.39, 0.29) is 17.1 Å². The first-order valence-corrected chi connectivity index (χ1v) is 9.76. The van der Waals surface area contributed by atoms with Gasteiger partial charge in [-0.05, 0) is 24.8 Å². The lowest BCUT2D eigenvalue weighted by Gasteiger charge is -2.24. The summed E-state index contributed by atoms with van der Waals surface area (Å²) in [4.78, 5) is 31.9. The molecule has 0 saturated carbocycles. The van der Waals surface area contributed by atoms with Crippen LogP contribution in [0, 0.1) is 0 Å². The Morgan fingerprint density at radius 1 is 1.31 bits per heavy atom. The molecule has 1 unspecified atom stereocenters. The van der Waals surface area contributed by atoms with Crippen LogP contribution in [0.15, 0.2) is 34.3 Å². The second kappa shape index (κ2) is 6.12. The number of hydrogen-bond donors (Lipinski definition) is 1. The van der Waals surface area contributed by atoms with Crippen molar-refractivity contribution in [1.29, 1.82) is 0 Å². The molecule has 5 heterocycles. The van der Waals surface area contributed by atoms with Crippen LogP contribution in [0.4, 0.5) is 0 Å². The van der Waals surface area contributed by atoms with Gasteiger partial charge in [-0.2, -0.15) is 5.10 Å². The van der Waals surface area contributed by atoms with Crippen LogP contribution >= 0.6 is 11.8 Å². The zero-order valence-electron chi connectivity index (χ0n) is 14.2. The van der Waals surface area contributed by atoms with Gasteiger partial charge in [-0.15, -0.1) is 11.8 Å². The Balaban J connectivity index is 1.58. The minimum absolute atomic E-state index is 0.147. The van der Waals surface area contributed by atoms with Gasteiger partial charge in [0.25, 0.3) is 5.91 Å². The molecule has 0 aliphatic carbocycles. The van der Waals surface area contributed by atoms with Crippen LogP contribution in [0.1, 0.15) is 31.2 Å². The first-order valence-electron chi connectivity index (χ1n) is 8.88. The number of carbonyl (C=O) groups is 2. The summed E-state index contributed by atoms with van der Waals surface area (Å²) >= 11 is 1.49. The maximum Gasteiger partial charge on any atom is 0.264 e. The summed E-state index contributed by atoms with van der Waals surface area (Å²) < 4.78 is 6.06. The lowest BCUT2D eigenvalue weighted by Crippen LogP contribution is -2.36. The fourth-order valence-corrected chi connectivity index (χ4v) is 5.24. The van der Waals surface area contributed by atoms with Crippen molar-refractivity contribution in [3.63, 3.8) is 0 Å². The summed E-state index contributed by atoms with van der Waals surface area (Å²) in [5.41, 5.74) is 3.73. The normalized spacial score (nSPS) is 25.5. The lowest BCUT2D eigenvalue weighted by atomic mass is 9.92. The fourth-order valence-electron chi connectivity index (χ4n) is 3.96. The third kappa shape index (κ3) is 2.43. The average Bonchev–Trinajstić information content (AvgIpc) is 3.32. The number of aromatic amines is 1. The van der Waals surface area contributed by atoms with Gasteiger partial charge in [-0.3, -0.25) is 14.7 Å². The zero-order chi connectivity index (χ0) is 17.7. The standard InChI is InChI=1S/C18H18N4O3S/c23-13-4-1-5-22(13)9-12-11-3-2-6-25-15-14(11)17(18(24)21-12)26-16(15)10-7-19-20-8-10/h7-8,17H,1-6,9H2,(H,19,20). The van der Waals surface area contributed by atoms with E-state index in [4.69, 9.17) is 4.74 Å². The molecule has 0 aromatic carbocycles. The van der Waals surface area contributed by atoms with Crippen LogP contribution in [0.3, 0.4) is 0 Å². The number of rotatable bonds is 3. The number of nitrogens with one attached hydrogen (secondary N) is 1. The molecule has 1 N–H and O–H groups in total. The van der Waals surface area contributed by atoms with Gasteiger partial charge >= 0.3 is 0 Å². The number of aromatic nitrogens is 2. The number of likely N-dealkylation sites (tertiary alicyclic amines) is 1. The number of thioether (sulfide) groups is 1. The van der Waals surface area contributed by atoms with Crippen molar-refractivity contribution >= 4 is 34.2 Å². The molecule has 0 radical (unpaired) electrons. The van der Waals surface area contributed by atoms with Crippen molar-refractivity contribution in [3.05, 3.63) is 34.9 Å². The average molecular weight is 370 g/mol. The van der Waals surface area contributed by atoms with Crippen molar-refractivity contribution in [2.45, 2.75) is 30.9 Å². The fraction of sp³-hybridized carbons (Fsp3) is 0.444. The molecule has 4 aliphatic heterocycles. The quantitative estimate of drug-likeness (QED) is 0.878. The number of dihydropyridines is 1. The highest BCUT2D eigenvalue weighted by Gasteiger charge is 2.44. The summed E-state index contributed by atoms with van der Waals surface area (Å²) in [6.07, 6.45) is 6.72. The largest absolute Gasteiger partial charge is 0.492 e. The number of ether oxygens (including phenoxy) is 1. The van der Waals surface area contributed by atoms with Gasteiger partial charge in [0.05, 0.1) is 30.0 Å². The summed E-state index contributed by atoms with van der Waals surface area (Å²) in [6.45, 7) is 1.78. The van der Waals surface area contributed by atoms with E-state index in [2.05, 4.69) is 15.2 Å². The van der Waals surface area contributed by atoms with Crippen LogP contribution in [0.5, 0.6) is 0 Å². The van der Waals surface area contributed by atoms with E-state index in [1.165, 1.54) is 11.8 Å². The van der Waals surface area contributed by atoms with E-state index in [9.17, 15) is 9.59 Å². The topological polar surface area (TPSA) is 87.7 Å². The Hall–Kier alpha value is -2.35. The van der Waals surface area contributed by atoms with Crippen LogP contribution in [0.25, 0.3) is 4.91 Å². The molecule has 5 rings (SSSR count). The Morgan fingerprint density at radius 2 is 2.23 bits per heavy atom. The van der Waals surface area contributed by atoms with Gasteiger partial charge in [-0.1, -0.05) is 0 Å². The number of carbonyl (C=O) groups excluding carboxylic acids is 2. The molecule has 7 nitrogen and oxygen atoms in total. The predicted octanol–water partition coefficient (Wildman–Crippen LogP) is 1.90. The maximum absolute atomic E-state index is 12.7. The van der Waals surface area contributed by atoms with Gasteiger partial charge in [-0.25, -0.2) is 4.99 Å². The van der Waals surface area contributed by atoms with Gasteiger partial charge in [0.2, 0.25) is 5.91 Å². The van der Waals surface area contributed by atoms with Crippen molar-refractivity contribution in [2.24, 2.45) is 4.99 Å². The lowest BCUT2D eigenvalue weighted by molar-refractivity contribution is -0.127. The number of aliphatic imine (C=N–C) groups is 1. The molecule has 1 fully saturated rings. The first kappa shape index (κ1) is 15.9. The summed E-state index contributed by atoms with van der Waals surface area (Å²) in [6, 6.07) is 0. The first-order chi connectivity index (χ1) is 12.7. The molecule has 1 saturated heterocycles. The van der Waals surface area contributed by atoms with Crippen molar-refractivity contribution in [2.75, 3.05) is 19.7 Å². The van der Waals surface area contributed by atoms with Gasteiger partial charge in [0.1, 0.15) is 11.0 Å². The van der Waals surface area contributed by atoms with Crippen molar-refractivity contribution in [1.82, 2.24) is 15.1 Å². The minimum Gasteiger partial charge on any atom is -0.492 e. The summed E-state index contributed by atoms with van der Waals surface area (Å²) in [7, 11) is 0. The Kier molecular flexibility index (Phi) is 3.74. The van der Waals surface area contributed by atoms with E-state index in [1.54, 1.807) is 6.20 Å². The highest BCUT2D eigenvalue weighted by atomic mass is 32.2. The second-order valence-corrected chi connectivity index (χ2v) is 7.92. The molecule has 1 aromatic heterocycles. The highest BCUT2D eigenvalue weighted by molar-refractivity contribution is 8.10. The SMILES string of the molecule is O=C1N=C(CN2CCCC2=O)C2=C3C(=C(c4cn[nH]c4)SC13)OCCC2. The number of H-pyrrole nitrogens is 1. The Labute approximate surface area is 154 Å². The third-order valence-electron chi connectivity index (χ3n) is 5.18. The summed E-state index contributed by atoms with van der Waals surface area (Å²) in [5, 5.41) is 6.50. The Morgan fingerprint density at radius 3 is 3.00 bits per heavy atom. The number of allylic oxidation sites excluding steroid dienone is 1. The molecule has 134 valence electrons. The van der Waals surface area contributed by atoms with Gasteiger partial charge < -0.3 is 9.64 Å². The van der Waals surface area contributed by atoms with E-state index in [0.29, 0.717) is 19.6 Å². The van der Waals surface area contributed by atoms with Gasteiger partial charge in [0.15, 0.2) is 0 Å². The smallest absolute Gasteiger partial charge is 0.264 e. The van der Waals surface area contributed by atoms with E-state index >= 15 is 0 Å². The van der Waals surface area contributed by atoms with Crippen LogP contribution in [-0.2, 0) is 14.3 Å². The highest BCUT2D eigenvalue weighted by Crippen LogP contribution is 2.51. The molecule has 4 aliphatic rings. The molecular weight excluding hydrogens is 352 g/mol. The van der Waals surface area contributed by atoms with Crippen LogP contribution in [-0.4, -0.2) is 57.6 Å². The molecular formula is C18H18N4O3S. The Bertz CT molecular complexity index is 884. The minimum atomic E-state index is -0.346. The second-order valence-electron chi connectivity index (χ2n) is 6.80. The molecule has 0 bridgehead atoms. The molecule has 8 heteroatoms. The zero-order valence-corrected chi connectivity index (χ0v) is 15.0. The van der Waals surface area contributed by atoms with Crippen LogP contribution < -0.4 is 0 Å². The molecule has 2 amide bonds.